The van der Waals surface area contributed by atoms with E-state index in [1.54, 1.807) is 0 Å². The maximum absolute atomic E-state index is 13.2. The number of benzene rings is 1. The minimum atomic E-state index is -0.559. The molecule has 0 unspecified atom stereocenters. The fraction of sp³-hybridized carbons (Fsp3) is 0.545. The third-order valence-corrected chi connectivity index (χ3v) is 6.13. The number of Topliss-reactive ketones (excluding diaryl/α,β-unsaturated/α-hetero) is 1. The third-order valence-electron chi connectivity index (χ3n) is 6.13. The van der Waals surface area contributed by atoms with Crippen molar-refractivity contribution in [1.82, 2.24) is 5.16 Å². The number of hydrogen-bond acceptors (Lipinski definition) is 5. The van der Waals surface area contributed by atoms with Gasteiger partial charge in [0, 0.05) is 12.2 Å². The van der Waals surface area contributed by atoms with Crippen molar-refractivity contribution in [3.8, 4) is 11.1 Å². The molecule has 0 amide bonds. The second kappa shape index (κ2) is 5.85. The molecule has 2 heterocycles. The number of carbonyl (C=O) groups excluding carboxylic acids is 1. The van der Waals surface area contributed by atoms with Crippen molar-refractivity contribution in [3.05, 3.63) is 28.5 Å². The number of aryl methyl sites for hydroxylation is 1. The molecule has 1 aliphatic heterocycles. The highest BCUT2D eigenvalue weighted by atomic mass is 16.5. The fourth-order valence-corrected chi connectivity index (χ4v) is 4.89. The van der Waals surface area contributed by atoms with Crippen LogP contribution in [-0.4, -0.2) is 23.0 Å². The number of anilines is 2. The van der Waals surface area contributed by atoms with E-state index in [1.165, 1.54) is 22.4 Å². The van der Waals surface area contributed by atoms with Crippen LogP contribution in [0, 0.1) is 6.92 Å². The van der Waals surface area contributed by atoms with E-state index in [0.29, 0.717) is 0 Å². The van der Waals surface area contributed by atoms with Crippen molar-refractivity contribution < 1.29 is 9.32 Å². The molecule has 0 spiro atoms. The lowest BCUT2D eigenvalue weighted by molar-refractivity contribution is -0.127. The standard InChI is InChI=1S/C22H29N3O2/c1-7-23-19-17(12(2)27-25-19)15-11-16-18(14-10-8-9-13(14)15)24-22(5,6)20(26)21(16,3)4/h11,24H,7-10H2,1-6H3,(H,23,25). The van der Waals surface area contributed by atoms with Gasteiger partial charge in [0.25, 0.3) is 0 Å². The zero-order valence-electron chi connectivity index (χ0n) is 17.2. The van der Waals surface area contributed by atoms with Gasteiger partial charge >= 0.3 is 0 Å². The van der Waals surface area contributed by atoms with Crippen LogP contribution in [0.3, 0.4) is 0 Å². The highest BCUT2D eigenvalue weighted by Gasteiger charge is 2.47. The van der Waals surface area contributed by atoms with Crippen LogP contribution in [0.15, 0.2) is 10.6 Å². The van der Waals surface area contributed by atoms with Crippen molar-refractivity contribution >= 4 is 17.3 Å². The number of ketones is 1. The molecule has 2 aromatic rings. The Balaban J connectivity index is 2.01. The molecule has 4 rings (SSSR count). The van der Waals surface area contributed by atoms with Gasteiger partial charge in [-0.15, -0.1) is 0 Å². The van der Waals surface area contributed by atoms with Crippen LogP contribution in [0.4, 0.5) is 11.5 Å². The highest BCUT2D eigenvalue weighted by Crippen LogP contribution is 2.49. The van der Waals surface area contributed by atoms with Gasteiger partial charge in [0.05, 0.1) is 16.5 Å². The van der Waals surface area contributed by atoms with Gasteiger partial charge in [0.15, 0.2) is 11.6 Å². The van der Waals surface area contributed by atoms with Crippen LogP contribution in [0.25, 0.3) is 11.1 Å². The maximum atomic E-state index is 13.2. The number of fused-ring (bicyclic) bond motifs is 3. The summed E-state index contributed by atoms with van der Waals surface area (Å²) < 4.78 is 5.52. The van der Waals surface area contributed by atoms with Gasteiger partial charge in [0.2, 0.25) is 0 Å². The number of carbonyl (C=O) groups is 1. The number of nitrogens with one attached hydrogen (secondary N) is 2. The molecule has 0 saturated heterocycles. The zero-order valence-corrected chi connectivity index (χ0v) is 17.2. The first kappa shape index (κ1) is 18.1. The van der Waals surface area contributed by atoms with Gasteiger partial charge in [-0.2, -0.15) is 0 Å². The molecule has 0 bridgehead atoms. The molecule has 5 heteroatoms. The largest absolute Gasteiger partial charge is 0.373 e. The first-order chi connectivity index (χ1) is 12.7. The van der Waals surface area contributed by atoms with E-state index in [-0.39, 0.29) is 5.78 Å². The Kier molecular flexibility index (Phi) is 3.92. The van der Waals surface area contributed by atoms with Crippen LogP contribution in [-0.2, 0) is 23.1 Å². The zero-order chi connectivity index (χ0) is 19.6. The lowest BCUT2D eigenvalue weighted by atomic mass is 9.68. The molecule has 1 aromatic heterocycles. The molecular formula is C22H29N3O2. The summed E-state index contributed by atoms with van der Waals surface area (Å²) in [6, 6.07) is 2.21. The summed E-state index contributed by atoms with van der Waals surface area (Å²) in [5.74, 6) is 1.82. The second-order valence-corrected chi connectivity index (χ2v) is 8.85. The van der Waals surface area contributed by atoms with E-state index in [0.717, 1.165) is 48.5 Å². The predicted molar refractivity (Wildman–Crippen MR) is 109 cm³/mol. The van der Waals surface area contributed by atoms with Gasteiger partial charge < -0.3 is 15.2 Å². The summed E-state index contributed by atoms with van der Waals surface area (Å²) in [6.45, 7) is 12.9. The van der Waals surface area contributed by atoms with E-state index in [2.05, 4.69) is 28.8 Å². The Labute approximate surface area is 160 Å². The normalized spacial score (nSPS) is 19.4. The Bertz CT molecular complexity index is 938. The minimum absolute atomic E-state index is 0.223. The monoisotopic (exact) mass is 367 g/mol. The summed E-state index contributed by atoms with van der Waals surface area (Å²) in [5.41, 5.74) is 6.08. The maximum Gasteiger partial charge on any atom is 0.177 e. The van der Waals surface area contributed by atoms with Crippen molar-refractivity contribution in [2.75, 3.05) is 17.2 Å². The van der Waals surface area contributed by atoms with Crippen LogP contribution in [0.5, 0.6) is 0 Å². The average molecular weight is 367 g/mol. The van der Waals surface area contributed by atoms with Crippen molar-refractivity contribution in [2.45, 2.75) is 71.8 Å². The van der Waals surface area contributed by atoms with Gasteiger partial charge in [-0.1, -0.05) is 5.16 Å². The first-order valence-electron chi connectivity index (χ1n) is 9.91. The molecule has 0 radical (unpaired) electrons. The van der Waals surface area contributed by atoms with Gasteiger partial charge in [-0.3, -0.25) is 4.79 Å². The molecule has 1 aliphatic carbocycles. The van der Waals surface area contributed by atoms with Gasteiger partial charge in [-0.05, 0) is 89.1 Å². The van der Waals surface area contributed by atoms with E-state index < -0.39 is 11.0 Å². The van der Waals surface area contributed by atoms with Crippen molar-refractivity contribution in [3.63, 3.8) is 0 Å². The molecule has 2 aliphatic rings. The van der Waals surface area contributed by atoms with Crippen LogP contribution < -0.4 is 10.6 Å². The smallest absolute Gasteiger partial charge is 0.177 e. The van der Waals surface area contributed by atoms with Crippen LogP contribution in [0.2, 0.25) is 0 Å². The summed E-state index contributed by atoms with van der Waals surface area (Å²) in [4.78, 5) is 13.2. The Morgan fingerprint density at radius 2 is 1.93 bits per heavy atom. The van der Waals surface area contributed by atoms with E-state index >= 15 is 0 Å². The molecule has 144 valence electrons. The number of hydrogen-bond donors (Lipinski definition) is 2. The summed E-state index contributed by atoms with van der Waals surface area (Å²) in [6.07, 6.45) is 3.22. The second-order valence-electron chi connectivity index (χ2n) is 8.85. The molecule has 2 N–H and O–H groups in total. The molecule has 0 fully saturated rings. The Morgan fingerprint density at radius 1 is 1.22 bits per heavy atom. The first-order valence-corrected chi connectivity index (χ1v) is 9.91. The molecule has 1 aromatic carbocycles. The summed E-state index contributed by atoms with van der Waals surface area (Å²) in [7, 11) is 0. The quantitative estimate of drug-likeness (QED) is 0.828. The van der Waals surface area contributed by atoms with Crippen molar-refractivity contribution in [2.24, 2.45) is 0 Å². The Morgan fingerprint density at radius 3 is 2.63 bits per heavy atom. The fourth-order valence-electron chi connectivity index (χ4n) is 4.89. The lowest BCUT2D eigenvalue weighted by Crippen LogP contribution is -2.53. The summed E-state index contributed by atoms with van der Waals surface area (Å²) in [5, 5.41) is 11.1. The molecule has 27 heavy (non-hydrogen) atoms. The van der Waals surface area contributed by atoms with E-state index in [4.69, 9.17) is 4.52 Å². The van der Waals surface area contributed by atoms with Crippen LogP contribution >= 0.6 is 0 Å². The van der Waals surface area contributed by atoms with Gasteiger partial charge in [-0.25, -0.2) is 0 Å². The van der Waals surface area contributed by atoms with Crippen molar-refractivity contribution in [1.29, 1.82) is 0 Å². The molecule has 5 nitrogen and oxygen atoms in total. The molecule has 0 atom stereocenters. The topological polar surface area (TPSA) is 67.2 Å². The predicted octanol–water partition coefficient (Wildman–Crippen LogP) is 4.62. The van der Waals surface area contributed by atoms with E-state index in [1.807, 2.05) is 34.6 Å². The average Bonchev–Trinajstić information content (AvgIpc) is 3.21. The molecule has 0 saturated carbocycles. The van der Waals surface area contributed by atoms with Crippen LogP contribution in [0.1, 0.15) is 63.5 Å². The van der Waals surface area contributed by atoms with Gasteiger partial charge in [0.1, 0.15) is 5.76 Å². The summed E-state index contributed by atoms with van der Waals surface area (Å²) >= 11 is 0. The molecular weight excluding hydrogens is 338 g/mol. The third kappa shape index (κ3) is 2.51. The number of rotatable bonds is 3. The Hall–Kier alpha value is -2.30. The SMILES string of the molecule is CCNc1noc(C)c1-c1cc2c(c3c1CCC3)NC(C)(C)C(=O)C2(C)C. The number of nitrogens with zero attached hydrogens (tertiary/aromatic N) is 1. The lowest BCUT2D eigenvalue weighted by Gasteiger charge is -2.43. The van der Waals surface area contributed by atoms with E-state index in [9.17, 15) is 4.79 Å². The number of aromatic nitrogens is 1. The minimum Gasteiger partial charge on any atom is -0.373 e. The highest BCUT2D eigenvalue weighted by molar-refractivity contribution is 6.04.